The Morgan fingerprint density at radius 3 is 2.53 bits per heavy atom. The van der Waals surface area contributed by atoms with Gasteiger partial charge in [0.1, 0.15) is 11.5 Å². The molecule has 1 amide bonds. The molecular formula is C23H25F4NO2. The van der Waals surface area contributed by atoms with Gasteiger partial charge >= 0.3 is 6.18 Å². The number of halogens is 4. The number of hydrogen-bond donors (Lipinski definition) is 0. The minimum absolute atomic E-state index is 0.214. The molecule has 0 radical (unpaired) electrons. The Kier molecular flexibility index (Phi) is 7.65. The van der Waals surface area contributed by atoms with Crippen molar-refractivity contribution in [3.05, 3.63) is 76.9 Å². The second-order valence-corrected chi connectivity index (χ2v) is 6.98. The zero-order chi connectivity index (χ0) is 22.5. The number of ether oxygens (including phenoxy) is 1. The highest BCUT2D eigenvalue weighted by Gasteiger charge is 2.33. The van der Waals surface area contributed by atoms with Crippen LogP contribution in [-0.4, -0.2) is 23.5 Å². The van der Waals surface area contributed by atoms with Gasteiger partial charge in [0.05, 0.1) is 5.57 Å². The van der Waals surface area contributed by atoms with Crippen molar-refractivity contribution in [2.75, 3.05) is 6.54 Å². The molecule has 0 bridgehead atoms. The molecule has 7 heteroatoms. The summed E-state index contributed by atoms with van der Waals surface area (Å²) in [5, 5.41) is 0. The van der Waals surface area contributed by atoms with Gasteiger partial charge in [-0.05, 0) is 68.2 Å². The van der Waals surface area contributed by atoms with Crippen LogP contribution in [0.4, 0.5) is 17.6 Å². The molecule has 0 N–H and O–H groups in total. The van der Waals surface area contributed by atoms with E-state index in [4.69, 9.17) is 4.74 Å². The molecule has 2 rings (SSSR count). The Bertz CT molecular complexity index is 910. The van der Waals surface area contributed by atoms with E-state index in [-0.39, 0.29) is 24.3 Å². The van der Waals surface area contributed by atoms with Crippen molar-refractivity contribution in [3.63, 3.8) is 0 Å². The number of carbonyl (C=O) groups is 1. The lowest BCUT2D eigenvalue weighted by Gasteiger charge is -2.28. The minimum Gasteiger partial charge on any atom is -0.458 e. The maximum absolute atomic E-state index is 13.3. The van der Waals surface area contributed by atoms with Gasteiger partial charge in [-0.15, -0.1) is 0 Å². The number of rotatable bonds is 6. The number of fused-ring (bicyclic) bond motifs is 1. The first-order chi connectivity index (χ1) is 14.1. The third kappa shape index (κ3) is 5.84. The number of allylic oxidation sites excluding steroid dienone is 5. The lowest BCUT2D eigenvalue weighted by atomic mass is 9.99. The number of alkyl halides is 3. The van der Waals surface area contributed by atoms with Gasteiger partial charge in [-0.25, -0.2) is 4.39 Å². The molecule has 0 aromatic heterocycles. The van der Waals surface area contributed by atoms with Gasteiger partial charge in [0.15, 0.2) is 5.83 Å². The fourth-order valence-corrected chi connectivity index (χ4v) is 3.10. The molecule has 1 aliphatic rings. The Labute approximate surface area is 174 Å². The van der Waals surface area contributed by atoms with Crippen molar-refractivity contribution < 1.29 is 27.1 Å². The maximum atomic E-state index is 13.3. The summed E-state index contributed by atoms with van der Waals surface area (Å²) in [6.07, 6.45) is 0.271. The zero-order valence-electron chi connectivity index (χ0n) is 17.3. The first-order valence-electron chi connectivity index (χ1n) is 9.61. The molecule has 1 heterocycles. The van der Waals surface area contributed by atoms with Gasteiger partial charge in [0, 0.05) is 13.1 Å². The number of nitrogens with zero attached hydrogens (tertiary/aromatic N) is 1. The van der Waals surface area contributed by atoms with Crippen molar-refractivity contribution >= 4 is 5.91 Å². The summed E-state index contributed by atoms with van der Waals surface area (Å²) < 4.78 is 58.7. The van der Waals surface area contributed by atoms with Crippen LogP contribution in [0.5, 0.6) is 5.75 Å². The first kappa shape index (κ1) is 23.4. The molecule has 3 nitrogen and oxygen atoms in total. The summed E-state index contributed by atoms with van der Waals surface area (Å²) in [6, 6.07) is 5.28. The van der Waals surface area contributed by atoms with Crippen molar-refractivity contribution in [3.8, 4) is 5.75 Å². The third-order valence-corrected chi connectivity index (χ3v) is 4.94. The molecule has 0 aliphatic carbocycles. The summed E-state index contributed by atoms with van der Waals surface area (Å²) in [5.74, 6) is -1.09. The molecule has 0 atom stereocenters. The van der Waals surface area contributed by atoms with Gasteiger partial charge in [0.2, 0.25) is 0 Å². The molecule has 0 saturated heterocycles. The van der Waals surface area contributed by atoms with Crippen LogP contribution in [0.2, 0.25) is 0 Å². The molecule has 0 unspecified atom stereocenters. The quantitative estimate of drug-likeness (QED) is 0.237. The van der Waals surface area contributed by atoms with E-state index in [1.807, 2.05) is 6.07 Å². The number of benzene rings is 1. The van der Waals surface area contributed by atoms with Crippen LogP contribution >= 0.6 is 0 Å². The van der Waals surface area contributed by atoms with E-state index >= 15 is 0 Å². The van der Waals surface area contributed by atoms with Crippen molar-refractivity contribution in [1.29, 1.82) is 0 Å². The predicted octanol–water partition coefficient (Wildman–Crippen LogP) is 6.18. The normalized spacial score (nSPS) is 15.7. The fraction of sp³-hybridized carbons (Fsp3) is 0.348. The van der Waals surface area contributed by atoms with E-state index in [1.165, 1.54) is 17.9 Å². The van der Waals surface area contributed by atoms with Crippen molar-refractivity contribution in [2.45, 2.75) is 46.3 Å². The molecule has 0 saturated carbocycles. The average molecular weight is 423 g/mol. The minimum atomic E-state index is -4.45. The highest BCUT2D eigenvalue weighted by Crippen LogP contribution is 2.31. The molecule has 1 aliphatic heterocycles. The SMILES string of the molecule is C=C(F)C(=O)N1CCc2ccc(OC(/C=C\C(=C(/C)CC)C(F)(F)F)=C/C)cc2C1. The van der Waals surface area contributed by atoms with E-state index in [2.05, 4.69) is 6.58 Å². The Morgan fingerprint density at radius 1 is 1.27 bits per heavy atom. The molecule has 162 valence electrons. The largest absolute Gasteiger partial charge is 0.458 e. The molecule has 1 aromatic carbocycles. The lowest BCUT2D eigenvalue weighted by Crippen LogP contribution is -2.36. The van der Waals surface area contributed by atoms with Gasteiger partial charge in [-0.1, -0.05) is 25.1 Å². The first-order valence-corrected chi connectivity index (χ1v) is 9.61. The van der Waals surface area contributed by atoms with Gasteiger partial charge in [-0.3, -0.25) is 4.79 Å². The van der Waals surface area contributed by atoms with E-state index in [1.54, 1.807) is 32.1 Å². The fourth-order valence-electron chi connectivity index (χ4n) is 3.10. The lowest BCUT2D eigenvalue weighted by molar-refractivity contribution is -0.129. The van der Waals surface area contributed by atoms with Crippen LogP contribution in [0.15, 0.2) is 65.7 Å². The summed E-state index contributed by atoms with van der Waals surface area (Å²) in [5.41, 5.74) is 1.35. The van der Waals surface area contributed by atoms with E-state index in [0.29, 0.717) is 18.7 Å². The van der Waals surface area contributed by atoms with Gasteiger partial charge < -0.3 is 9.64 Å². The van der Waals surface area contributed by atoms with Crippen LogP contribution < -0.4 is 4.74 Å². The second kappa shape index (κ2) is 9.78. The maximum Gasteiger partial charge on any atom is 0.416 e. The van der Waals surface area contributed by atoms with E-state index in [0.717, 1.165) is 17.2 Å². The van der Waals surface area contributed by atoms with Crippen LogP contribution in [0.3, 0.4) is 0 Å². The highest BCUT2D eigenvalue weighted by molar-refractivity contribution is 5.90. The van der Waals surface area contributed by atoms with Crippen LogP contribution in [-0.2, 0) is 17.8 Å². The second-order valence-electron chi connectivity index (χ2n) is 6.98. The number of carbonyl (C=O) groups excluding carboxylic acids is 1. The van der Waals surface area contributed by atoms with Gasteiger partial charge in [0.25, 0.3) is 5.91 Å². The summed E-state index contributed by atoms with van der Waals surface area (Å²) in [4.78, 5) is 13.2. The van der Waals surface area contributed by atoms with E-state index < -0.39 is 23.5 Å². The third-order valence-electron chi connectivity index (χ3n) is 4.94. The van der Waals surface area contributed by atoms with Crippen molar-refractivity contribution in [1.82, 2.24) is 4.90 Å². The van der Waals surface area contributed by atoms with E-state index in [9.17, 15) is 22.4 Å². The number of amides is 1. The Hall–Kier alpha value is -2.83. The molecule has 0 spiro atoms. The summed E-state index contributed by atoms with van der Waals surface area (Å²) in [7, 11) is 0. The summed E-state index contributed by atoms with van der Waals surface area (Å²) >= 11 is 0. The molecule has 1 aromatic rings. The van der Waals surface area contributed by atoms with Crippen LogP contribution in [0.25, 0.3) is 0 Å². The van der Waals surface area contributed by atoms with Gasteiger partial charge in [-0.2, -0.15) is 13.2 Å². The number of hydrogen-bond acceptors (Lipinski definition) is 2. The summed E-state index contributed by atoms with van der Waals surface area (Å²) in [6.45, 7) is 8.43. The monoisotopic (exact) mass is 423 g/mol. The topological polar surface area (TPSA) is 29.5 Å². The van der Waals surface area contributed by atoms with Crippen LogP contribution in [0.1, 0.15) is 38.3 Å². The average Bonchev–Trinajstić information content (AvgIpc) is 2.70. The van der Waals surface area contributed by atoms with Crippen LogP contribution in [0, 0.1) is 0 Å². The molecule has 30 heavy (non-hydrogen) atoms. The smallest absolute Gasteiger partial charge is 0.416 e. The molecular weight excluding hydrogens is 398 g/mol. The Balaban J connectivity index is 2.20. The predicted molar refractivity (Wildman–Crippen MR) is 108 cm³/mol. The standard InChI is InChI=1S/C23H25F4NO2/c1-5-15(3)21(23(25,26)27)10-9-19(6-2)30-20-8-7-17-11-12-28(14-18(17)13-20)22(29)16(4)24/h6-10,13H,4-5,11-12,14H2,1-3H3/b10-9-,19-6+,21-15-. The highest BCUT2D eigenvalue weighted by atomic mass is 19.4. The van der Waals surface area contributed by atoms with Crippen molar-refractivity contribution in [2.24, 2.45) is 0 Å². The Morgan fingerprint density at radius 2 is 1.97 bits per heavy atom. The molecule has 0 fully saturated rings. The zero-order valence-corrected chi connectivity index (χ0v) is 17.3.